The first kappa shape index (κ1) is 20.2. The minimum absolute atomic E-state index is 0.0774. The fourth-order valence-electron chi connectivity index (χ4n) is 3.86. The van der Waals surface area contributed by atoms with Crippen molar-refractivity contribution < 1.29 is 32.7 Å². The minimum Gasteiger partial charge on any atom is -0.481 e. The molecule has 2 amide bonds. The highest BCUT2D eigenvalue weighted by Gasteiger charge is 2.54. The highest BCUT2D eigenvalue weighted by Crippen LogP contribution is 2.39. The number of carbonyl (C=O) groups excluding carboxylic acids is 2. The van der Waals surface area contributed by atoms with Crippen LogP contribution in [-0.4, -0.2) is 53.6 Å². The number of aliphatic carboxylic acids is 1. The number of benzene rings is 1. The monoisotopic (exact) mass is 398 g/mol. The molecule has 152 valence electrons. The number of likely N-dealkylation sites (tertiary alicyclic amines) is 1. The first-order valence-electron chi connectivity index (χ1n) is 9.09. The van der Waals surface area contributed by atoms with Gasteiger partial charge in [0.1, 0.15) is 0 Å². The second-order valence-electron chi connectivity index (χ2n) is 7.26. The Kier molecular flexibility index (Phi) is 5.36. The molecule has 9 heteroatoms. The second-order valence-corrected chi connectivity index (χ2v) is 7.26. The van der Waals surface area contributed by atoms with Crippen LogP contribution in [-0.2, 0) is 20.8 Å². The minimum atomic E-state index is -4.70. The van der Waals surface area contributed by atoms with E-state index < -0.39 is 48.9 Å². The first-order chi connectivity index (χ1) is 13.1. The van der Waals surface area contributed by atoms with Gasteiger partial charge in [0.15, 0.2) is 0 Å². The van der Waals surface area contributed by atoms with Gasteiger partial charge in [0.25, 0.3) is 0 Å². The predicted octanol–water partition coefficient (Wildman–Crippen LogP) is 2.32. The lowest BCUT2D eigenvalue weighted by Gasteiger charge is -2.21. The maximum Gasteiger partial charge on any atom is 0.394 e. The van der Waals surface area contributed by atoms with E-state index in [2.05, 4.69) is 0 Å². The number of rotatable bonds is 4. The van der Waals surface area contributed by atoms with Crippen molar-refractivity contribution in [2.24, 2.45) is 17.8 Å². The van der Waals surface area contributed by atoms with E-state index in [9.17, 15) is 27.6 Å². The van der Waals surface area contributed by atoms with Crippen LogP contribution in [0.5, 0.6) is 0 Å². The van der Waals surface area contributed by atoms with Gasteiger partial charge in [-0.1, -0.05) is 19.1 Å². The SMILES string of the molecule is CCc1ccc(N2CC(C(=O)N3C[C@@H](C(F)(F)F)[C@H](C(=O)O)C3)CC2=O)cc1. The fraction of sp³-hybridized carbons (Fsp3) is 0.526. The fourth-order valence-corrected chi connectivity index (χ4v) is 3.86. The summed E-state index contributed by atoms with van der Waals surface area (Å²) in [6.07, 6.45) is -3.95. The largest absolute Gasteiger partial charge is 0.481 e. The molecule has 2 fully saturated rings. The van der Waals surface area contributed by atoms with Gasteiger partial charge < -0.3 is 14.9 Å². The van der Waals surface area contributed by atoms with Gasteiger partial charge in [0.05, 0.1) is 17.8 Å². The summed E-state index contributed by atoms with van der Waals surface area (Å²) in [5.74, 6) is -7.00. The third-order valence-electron chi connectivity index (χ3n) is 5.50. The number of carbonyl (C=O) groups is 3. The molecule has 2 saturated heterocycles. The molecular formula is C19H21F3N2O4. The zero-order chi connectivity index (χ0) is 20.6. The van der Waals surface area contributed by atoms with E-state index in [-0.39, 0.29) is 18.9 Å². The Hall–Kier alpha value is -2.58. The quantitative estimate of drug-likeness (QED) is 0.845. The van der Waals surface area contributed by atoms with Crippen molar-refractivity contribution in [3.8, 4) is 0 Å². The number of alkyl halides is 3. The summed E-state index contributed by atoms with van der Waals surface area (Å²) in [6.45, 7) is 0.900. The standard InChI is InChI=1S/C19H21F3N2O4/c1-2-11-3-5-13(6-4-11)24-8-12(7-16(24)25)17(26)23-9-14(18(27)28)15(10-23)19(20,21)22/h3-6,12,14-15H,2,7-10H2,1H3,(H,27,28)/t12?,14-,15-/m1/s1. The molecule has 2 heterocycles. The normalized spacial score (nSPS) is 25.4. The van der Waals surface area contributed by atoms with E-state index in [1.165, 1.54) is 4.90 Å². The molecule has 0 aliphatic carbocycles. The van der Waals surface area contributed by atoms with Gasteiger partial charge in [0.2, 0.25) is 11.8 Å². The summed E-state index contributed by atoms with van der Waals surface area (Å²) in [5, 5.41) is 9.09. The van der Waals surface area contributed by atoms with Crippen LogP contribution in [0, 0.1) is 17.8 Å². The highest BCUT2D eigenvalue weighted by molar-refractivity contribution is 6.00. The lowest BCUT2D eigenvalue weighted by atomic mass is 9.96. The molecule has 0 radical (unpaired) electrons. The molecule has 0 bridgehead atoms. The molecule has 28 heavy (non-hydrogen) atoms. The van der Waals surface area contributed by atoms with Gasteiger partial charge in [-0.2, -0.15) is 13.2 Å². The predicted molar refractivity (Wildman–Crippen MR) is 93.5 cm³/mol. The maximum atomic E-state index is 13.1. The van der Waals surface area contributed by atoms with Crippen molar-refractivity contribution in [1.82, 2.24) is 4.90 Å². The molecule has 1 aromatic carbocycles. The molecule has 1 aromatic rings. The van der Waals surface area contributed by atoms with Gasteiger partial charge >= 0.3 is 12.1 Å². The van der Waals surface area contributed by atoms with Crippen LogP contribution in [0.15, 0.2) is 24.3 Å². The Morgan fingerprint density at radius 3 is 2.29 bits per heavy atom. The number of hydrogen-bond acceptors (Lipinski definition) is 3. The third kappa shape index (κ3) is 3.83. The Bertz CT molecular complexity index is 778. The lowest BCUT2D eigenvalue weighted by molar-refractivity contribution is -0.188. The number of carboxylic acid groups (broad SMARTS) is 1. The van der Waals surface area contributed by atoms with Crippen LogP contribution < -0.4 is 4.90 Å². The average Bonchev–Trinajstić information content (AvgIpc) is 3.25. The van der Waals surface area contributed by atoms with E-state index in [1.807, 2.05) is 19.1 Å². The topological polar surface area (TPSA) is 77.9 Å². The summed E-state index contributed by atoms with van der Waals surface area (Å²) < 4.78 is 39.4. The molecule has 0 spiro atoms. The number of nitrogens with zero attached hydrogens (tertiary/aromatic N) is 2. The molecule has 1 N–H and O–H groups in total. The number of carboxylic acids is 1. The first-order valence-corrected chi connectivity index (χ1v) is 9.09. The molecule has 3 rings (SSSR count). The Balaban J connectivity index is 1.71. The van der Waals surface area contributed by atoms with E-state index in [1.54, 1.807) is 12.1 Å². The smallest absolute Gasteiger partial charge is 0.394 e. The van der Waals surface area contributed by atoms with Crippen molar-refractivity contribution in [3.05, 3.63) is 29.8 Å². The summed E-state index contributed by atoms with van der Waals surface area (Å²) in [5.41, 5.74) is 1.73. The van der Waals surface area contributed by atoms with Crippen LogP contribution >= 0.6 is 0 Å². The van der Waals surface area contributed by atoms with Crippen molar-refractivity contribution in [1.29, 1.82) is 0 Å². The van der Waals surface area contributed by atoms with Gasteiger partial charge in [-0.15, -0.1) is 0 Å². The summed E-state index contributed by atoms with van der Waals surface area (Å²) >= 11 is 0. The zero-order valence-electron chi connectivity index (χ0n) is 15.3. The van der Waals surface area contributed by atoms with Crippen LogP contribution in [0.25, 0.3) is 0 Å². The van der Waals surface area contributed by atoms with Crippen molar-refractivity contribution in [2.75, 3.05) is 24.5 Å². The molecule has 3 atom stereocenters. The Morgan fingerprint density at radius 1 is 1.14 bits per heavy atom. The number of anilines is 1. The molecule has 1 unspecified atom stereocenters. The van der Waals surface area contributed by atoms with Crippen molar-refractivity contribution >= 4 is 23.5 Å². The van der Waals surface area contributed by atoms with Crippen LogP contribution in [0.1, 0.15) is 18.9 Å². The number of halogens is 3. The number of amides is 2. The maximum absolute atomic E-state index is 13.1. The molecule has 2 aliphatic heterocycles. The van der Waals surface area contributed by atoms with Crippen LogP contribution in [0.4, 0.5) is 18.9 Å². The highest BCUT2D eigenvalue weighted by atomic mass is 19.4. The summed E-state index contributed by atoms with van der Waals surface area (Å²) in [4.78, 5) is 38.6. The van der Waals surface area contributed by atoms with E-state index in [0.717, 1.165) is 16.9 Å². The van der Waals surface area contributed by atoms with Crippen LogP contribution in [0.2, 0.25) is 0 Å². The lowest BCUT2D eigenvalue weighted by Crippen LogP contribution is -2.37. The van der Waals surface area contributed by atoms with Gasteiger partial charge in [-0.25, -0.2) is 0 Å². The third-order valence-corrected chi connectivity index (χ3v) is 5.50. The molecule has 2 aliphatic rings. The Morgan fingerprint density at radius 2 is 1.79 bits per heavy atom. The molecule has 6 nitrogen and oxygen atoms in total. The van der Waals surface area contributed by atoms with Crippen molar-refractivity contribution in [2.45, 2.75) is 25.9 Å². The zero-order valence-corrected chi connectivity index (χ0v) is 15.3. The summed E-state index contributed by atoms with van der Waals surface area (Å²) in [7, 11) is 0. The number of aryl methyl sites for hydroxylation is 1. The Labute approximate surface area is 159 Å². The second kappa shape index (κ2) is 7.44. The molecular weight excluding hydrogens is 377 g/mol. The van der Waals surface area contributed by atoms with Crippen LogP contribution in [0.3, 0.4) is 0 Å². The van der Waals surface area contributed by atoms with E-state index in [4.69, 9.17) is 5.11 Å². The van der Waals surface area contributed by atoms with Gasteiger partial charge in [-0.05, 0) is 24.1 Å². The van der Waals surface area contributed by atoms with E-state index in [0.29, 0.717) is 5.69 Å². The molecule has 0 aromatic heterocycles. The average molecular weight is 398 g/mol. The van der Waals surface area contributed by atoms with E-state index >= 15 is 0 Å². The summed E-state index contributed by atoms with van der Waals surface area (Å²) in [6, 6.07) is 7.31. The van der Waals surface area contributed by atoms with Gasteiger partial charge in [0, 0.05) is 31.7 Å². The molecule has 0 saturated carbocycles. The number of hydrogen-bond donors (Lipinski definition) is 1. The van der Waals surface area contributed by atoms with Crippen molar-refractivity contribution in [3.63, 3.8) is 0 Å². The van der Waals surface area contributed by atoms with Gasteiger partial charge in [-0.3, -0.25) is 14.4 Å².